The molecular weight excluding hydrogens is 495 g/mol. The molecule has 5 heterocycles. The van der Waals surface area contributed by atoms with E-state index >= 15 is 0 Å². The largest absolute Gasteiger partial charge is 0.381 e. The van der Waals surface area contributed by atoms with Crippen molar-refractivity contribution in [3.8, 4) is 0 Å². The van der Waals surface area contributed by atoms with Crippen molar-refractivity contribution in [2.75, 3.05) is 37.7 Å². The van der Waals surface area contributed by atoms with Crippen LogP contribution in [-0.2, 0) is 17.7 Å². The number of nitrogens with one attached hydrogen (secondary N) is 1. The molecule has 34 heavy (non-hydrogen) atoms. The lowest BCUT2D eigenvalue weighted by Gasteiger charge is -2.53. The number of ether oxygens (including phenoxy) is 1. The van der Waals surface area contributed by atoms with Crippen LogP contribution < -0.4 is 10.5 Å². The van der Waals surface area contributed by atoms with E-state index in [0.717, 1.165) is 60.8 Å². The molecule has 0 atom stereocenters. The molecule has 1 N–H and O–H groups in total. The molecule has 10 heteroatoms. The van der Waals surface area contributed by atoms with Crippen molar-refractivity contribution >= 4 is 56.3 Å². The first-order valence-corrected chi connectivity index (χ1v) is 13.1. The molecule has 1 aromatic carbocycles. The van der Waals surface area contributed by atoms with Gasteiger partial charge in [-0.3, -0.25) is 9.59 Å². The second-order valence-corrected chi connectivity index (χ2v) is 11.2. The first-order chi connectivity index (χ1) is 16.4. The van der Waals surface area contributed by atoms with Gasteiger partial charge in [-0.2, -0.15) is 0 Å². The zero-order valence-electron chi connectivity index (χ0n) is 18.7. The van der Waals surface area contributed by atoms with Crippen LogP contribution in [0, 0.1) is 12.3 Å². The molecular formula is C24H24Cl2N4O3S. The number of halogens is 2. The number of H-pyrrole nitrogens is 1. The van der Waals surface area contributed by atoms with Crippen molar-refractivity contribution < 1.29 is 9.53 Å². The van der Waals surface area contributed by atoms with Crippen molar-refractivity contribution in [2.24, 2.45) is 5.41 Å². The predicted molar refractivity (Wildman–Crippen MR) is 135 cm³/mol. The smallest absolute Gasteiger partial charge is 0.256 e. The van der Waals surface area contributed by atoms with Crippen molar-refractivity contribution in [3.63, 3.8) is 0 Å². The Morgan fingerprint density at radius 3 is 2.76 bits per heavy atom. The van der Waals surface area contributed by atoms with Crippen LogP contribution in [0.1, 0.15) is 40.0 Å². The van der Waals surface area contributed by atoms with Gasteiger partial charge >= 0.3 is 0 Å². The maximum Gasteiger partial charge on any atom is 0.256 e. The molecule has 7 nitrogen and oxygen atoms in total. The highest BCUT2D eigenvalue weighted by molar-refractivity contribution is 7.16. The van der Waals surface area contributed by atoms with Gasteiger partial charge in [0.15, 0.2) is 0 Å². The molecule has 0 bridgehead atoms. The van der Waals surface area contributed by atoms with E-state index in [1.807, 2.05) is 13.0 Å². The lowest BCUT2D eigenvalue weighted by molar-refractivity contribution is -0.000186. The standard InChI is InChI=1S/C24H24Cl2N4O3S/c1-13-21-20(27-12-34-21)15(22(31)28-13)9-29-5-2-14-16(25)8-17(19(26)18(14)23(29)32)30-10-24(11-30)3-6-33-7-4-24/h8,12H,2-7,9-11H2,1H3,(H,28,31). The number of thiazole rings is 1. The molecule has 3 aromatic rings. The van der Waals surface area contributed by atoms with E-state index in [4.69, 9.17) is 27.9 Å². The fraction of sp³-hybridized carbons (Fsp3) is 0.458. The van der Waals surface area contributed by atoms with Crippen LogP contribution in [-0.4, -0.2) is 53.6 Å². The molecule has 3 aliphatic rings. The summed E-state index contributed by atoms with van der Waals surface area (Å²) in [6, 6.07) is 1.90. The SMILES string of the molecule is Cc1[nH]c(=O)c(CN2CCc3c(Cl)cc(N4CC5(CCOCC5)C4)c(Cl)c3C2=O)c2ncsc12. The number of aromatic amines is 1. The zero-order valence-corrected chi connectivity index (χ0v) is 21.1. The lowest BCUT2D eigenvalue weighted by atomic mass is 9.73. The summed E-state index contributed by atoms with van der Waals surface area (Å²) in [5.74, 6) is -0.195. The van der Waals surface area contributed by atoms with E-state index in [9.17, 15) is 9.59 Å². The van der Waals surface area contributed by atoms with Crippen LogP contribution in [0.25, 0.3) is 10.2 Å². The maximum atomic E-state index is 13.6. The predicted octanol–water partition coefficient (Wildman–Crippen LogP) is 4.42. The monoisotopic (exact) mass is 518 g/mol. The quantitative estimate of drug-likeness (QED) is 0.555. The Hall–Kier alpha value is -2.13. The second kappa shape index (κ2) is 8.22. The van der Waals surface area contributed by atoms with Crippen LogP contribution in [0.15, 0.2) is 16.4 Å². The Balaban J connectivity index is 1.32. The molecule has 0 aliphatic carbocycles. The maximum absolute atomic E-state index is 13.6. The summed E-state index contributed by atoms with van der Waals surface area (Å²) >= 11 is 15.0. The van der Waals surface area contributed by atoms with E-state index < -0.39 is 0 Å². The number of aromatic nitrogens is 2. The summed E-state index contributed by atoms with van der Waals surface area (Å²) in [4.78, 5) is 37.6. The minimum absolute atomic E-state index is 0.180. The van der Waals surface area contributed by atoms with Gasteiger partial charge in [0.1, 0.15) is 0 Å². The van der Waals surface area contributed by atoms with Gasteiger partial charge < -0.3 is 19.5 Å². The Morgan fingerprint density at radius 1 is 1.24 bits per heavy atom. The molecule has 2 aromatic heterocycles. The Morgan fingerprint density at radius 2 is 2.00 bits per heavy atom. The summed E-state index contributed by atoms with van der Waals surface area (Å²) < 4.78 is 6.46. The number of hydrogen-bond acceptors (Lipinski definition) is 6. The number of fused-ring (bicyclic) bond motifs is 2. The molecule has 1 spiro atoms. The van der Waals surface area contributed by atoms with Gasteiger partial charge in [0, 0.05) is 49.0 Å². The number of carbonyl (C=O) groups is 1. The minimum atomic E-state index is -0.213. The molecule has 6 rings (SSSR count). The van der Waals surface area contributed by atoms with Crippen molar-refractivity contribution in [3.05, 3.63) is 54.4 Å². The number of nitrogens with zero attached hydrogens (tertiary/aromatic N) is 3. The Bertz CT molecular complexity index is 1370. The molecule has 3 aliphatic heterocycles. The highest BCUT2D eigenvalue weighted by Gasteiger charge is 2.45. The van der Waals surface area contributed by atoms with Crippen LogP contribution in [0.4, 0.5) is 5.69 Å². The fourth-order valence-corrected chi connectivity index (χ4v) is 6.97. The first-order valence-electron chi connectivity index (χ1n) is 11.4. The van der Waals surface area contributed by atoms with Crippen molar-refractivity contribution in [2.45, 2.75) is 32.7 Å². The van der Waals surface area contributed by atoms with Gasteiger partial charge in [-0.15, -0.1) is 11.3 Å². The third-order valence-corrected chi connectivity index (χ3v) is 9.16. The van der Waals surface area contributed by atoms with E-state index in [1.165, 1.54) is 11.3 Å². The van der Waals surface area contributed by atoms with Gasteiger partial charge in [-0.25, -0.2) is 4.98 Å². The number of rotatable bonds is 3. The Kier molecular flexibility index (Phi) is 5.40. The summed E-state index contributed by atoms with van der Waals surface area (Å²) in [7, 11) is 0. The van der Waals surface area contributed by atoms with Gasteiger partial charge in [0.2, 0.25) is 0 Å². The molecule has 178 valence electrons. The molecule has 1 amide bonds. The average Bonchev–Trinajstić information content (AvgIpc) is 3.29. The van der Waals surface area contributed by atoms with Crippen molar-refractivity contribution in [1.29, 1.82) is 0 Å². The van der Waals surface area contributed by atoms with Crippen LogP contribution in [0.2, 0.25) is 10.0 Å². The molecule has 2 saturated heterocycles. The lowest BCUT2D eigenvalue weighted by Crippen LogP contribution is -2.58. The third-order valence-electron chi connectivity index (χ3n) is 7.50. The van der Waals surface area contributed by atoms with E-state index in [0.29, 0.717) is 39.7 Å². The van der Waals surface area contributed by atoms with Gasteiger partial charge in [-0.1, -0.05) is 23.2 Å². The zero-order chi connectivity index (χ0) is 23.6. The van der Waals surface area contributed by atoms with Gasteiger partial charge in [0.25, 0.3) is 11.5 Å². The normalized spacial score (nSPS) is 19.6. The number of aryl methyl sites for hydroxylation is 1. The van der Waals surface area contributed by atoms with Crippen LogP contribution in [0.5, 0.6) is 0 Å². The number of amides is 1. The van der Waals surface area contributed by atoms with E-state index in [2.05, 4.69) is 14.9 Å². The minimum Gasteiger partial charge on any atom is -0.381 e. The summed E-state index contributed by atoms with van der Waals surface area (Å²) in [6.07, 6.45) is 2.68. The first kappa shape index (κ1) is 22.3. The van der Waals surface area contributed by atoms with Gasteiger partial charge in [-0.05, 0) is 37.8 Å². The molecule has 0 unspecified atom stereocenters. The summed E-state index contributed by atoms with van der Waals surface area (Å²) in [5.41, 5.74) is 5.79. The number of anilines is 1. The molecule has 0 radical (unpaired) electrons. The molecule has 0 saturated carbocycles. The average molecular weight is 519 g/mol. The highest BCUT2D eigenvalue weighted by atomic mass is 35.5. The fourth-order valence-electron chi connectivity index (χ4n) is 5.53. The summed E-state index contributed by atoms with van der Waals surface area (Å²) in [5, 5.41) is 1.03. The number of hydrogen-bond donors (Lipinski definition) is 1. The number of carbonyl (C=O) groups excluding carboxylic acids is 1. The van der Waals surface area contributed by atoms with Crippen LogP contribution >= 0.6 is 34.5 Å². The van der Waals surface area contributed by atoms with Crippen molar-refractivity contribution in [1.82, 2.24) is 14.9 Å². The van der Waals surface area contributed by atoms with E-state index in [-0.39, 0.29) is 23.4 Å². The number of benzene rings is 1. The Labute approximate surface area is 210 Å². The van der Waals surface area contributed by atoms with E-state index in [1.54, 1.807) is 10.4 Å². The molecule has 2 fully saturated rings. The summed E-state index contributed by atoms with van der Waals surface area (Å²) in [6.45, 7) is 5.88. The topological polar surface area (TPSA) is 78.5 Å². The second-order valence-electron chi connectivity index (χ2n) is 9.58. The highest BCUT2D eigenvalue weighted by Crippen LogP contribution is 2.47. The van der Waals surface area contributed by atoms with Crippen LogP contribution in [0.3, 0.4) is 0 Å². The number of pyridine rings is 1. The van der Waals surface area contributed by atoms with Gasteiger partial charge in [0.05, 0.1) is 44.1 Å². The third kappa shape index (κ3) is 3.46.